The van der Waals surface area contributed by atoms with Gasteiger partial charge in [0.1, 0.15) is 11.3 Å². The first kappa shape index (κ1) is 14.5. The molecule has 0 saturated carbocycles. The van der Waals surface area contributed by atoms with Crippen molar-refractivity contribution in [1.82, 2.24) is 5.32 Å². The van der Waals surface area contributed by atoms with E-state index in [0.29, 0.717) is 10.0 Å². The number of halogens is 2. The van der Waals surface area contributed by atoms with E-state index in [-0.39, 0.29) is 6.04 Å². The second kappa shape index (κ2) is 6.10. The summed E-state index contributed by atoms with van der Waals surface area (Å²) in [6, 6.07) is 15.5. The quantitative estimate of drug-likeness (QED) is 0.692. The fourth-order valence-corrected chi connectivity index (χ4v) is 2.97. The van der Waals surface area contributed by atoms with Crippen LogP contribution in [0.1, 0.15) is 24.3 Å². The SMILES string of the molecule is CCNC(c1cc2ccccc2o1)c1ccc(Cl)cc1Cl. The van der Waals surface area contributed by atoms with Crippen LogP contribution in [-0.4, -0.2) is 6.54 Å². The first-order valence-electron chi connectivity index (χ1n) is 6.86. The van der Waals surface area contributed by atoms with Gasteiger partial charge in [-0.25, -0.2) is 0 Å². The van der Waals surface area contributed by atoms with Crippen LogP contribution < -0.4 is 5.32 Å². The largest absolute Gasteiger partial charge is 0.459 e. The number of para-hydroxylation sites is 1. The van der Waals surface area contributed by atoms with E-state index >= 15 is 0 Å². The Labute approximate surface area is 133 Å². The maximum Gasteiger partial charge on any atom is 0.134 e. The van der Waals surface area contributed by atoms with Gasteiger partial charge >= 0.3 is 0 Å². The lowest BCUT2D eigenvalue weighted by Gasteiger charge is -2.17. The van der Waals surface area contributed by atoms with Crippen molar-refractivity contribution in [3.63, 3.8) is 0 Å². The second-order valence-corrected chi connectivity index (χ2v) is 5.69. The van der Waals surface area contributed by atoms with Crippen LogP contribution in [0.25, 0.3) is 11.0 Å². The van der Waals surface area contributed by atoms with Crippen LogP contribution in [0.3, 0.4) is 0 Å². The molecule has 0 radical (unpaired) electrons. The van der Waals surface area contributed by atoms with Crippen molar-refractivity contribution in [3.05, 3.63) is 69.9 Å². The Kier molecular flexibility index (Phi) is 4.20. The van der Waals surface area contributed by atoms with Gasteiger partial charge in [-0.15, -0.1) is 0 Å². The highest BCUT2D eigenvalue weighted by Gasteiger charge is 2.20. The first-order valence-corrected chi connectivity index (χ1v) is 7.61. The molecule has 3 rings (SSSR count). The minimum atomic E-state index is -0.0906. The molecule has 1 unspecified atom stereocenters. The zero-order valence-corrected chi connectivity index (χ0v) is 13.1. The molecule has 0 bridgehead atoms. The Morgan fingerprint density at radius 1 is 1.10 bits per heavy atom. The topological polar surface area (TPSA) is 25.2 Å². The lowest BCUT2D eigenvalue weighted by Crippen LogP contribution is -2.21. The van der Waals surface area contributed by atoms with Gasteiger partial charge in [-0.2, -0.15) is 0 Å². The van der Waals surface area contributed by atoms with Crippen molar-refractivity contribution in [3.8, 4) is 0 Å². The van der Waals surface area contributed by atoms with Crippen molar-refractivity contribution in [2.75, 3.05) is 6.54 Å². The summed E-state index contributed by atoms with van der Waals surface area (Å²) in [4.78, 5) is 0. The van der Waals surface area contributed by atoms with E-state index < -0.39 is 0 Å². The van der Waals surface area contributed by atoms with Crippen molar-refractivity contribution < 1.29 is 4.42 Å². The van der Waals surface area contributed by atoms with E-state index in [1.165, 1.54) is 0 Å². The summed E-state index contributed by atoms with van der Waals surface area (Å²) in [5, 5.41) is 5.76. The molecule has 2 nitrogen and oxygen atoms in total. The number of benzene rings is 2. The van der Waals surface area contributed by atoms with E-state index in [2.05, 4.69) is 12.2 Å². The molecule has 0 spiro atoms. The highest BCUT2D eigenvalue weighted by atomic mass is 35.5. The molecule has 4 heteroatoms. The minimum Gasteiger partial charge on any atom is -0.459 e. The van der Waals surface area contributed by atoms with Crippen molar-refractivity contribution in [1.29, 1.82) is 0 Å². The standard InChI is InChI=1S/C17H15Cl2NO/c1-2-20-17(13-8-7-12(18)10-14(13)19)16-9-11-5-3-4-6-15(11)21-16/h3-10,17,20H,2H2,1H3. The number of hydrogen-bond acceptors (Lipinski definition) is 2. The smallest absolute Gasteiger partial charge is 0.134 e. The molecule has 1 atom stereocenters. The zero-order chi connectivity index (χ0) is 14.8. The monoisotopic (exact) mass is 319 g/mol. The number of hydrogen-bond donors (Lipinski definition) is 1. The third-order valence-electron chi connectivity index (χ3n) is 3.41. The number of fused-ring (bicyclic) bond motifs is 1. The van der Waals surface area contributed by atoms with Crippen LogP contribution in [0, 0.1) is 0 Å². The van der Waals surface area contributed by atoms with Gasteiger partial charge in [-0.05, 0) is 36.4 Å². The number of nitrogens with one attached hydrogen (secondary N) is 1. The van der Waals surface area contributed by atoms with E-state index in [9.17, 15) is 0 Å². The van der Waals surface area contributed by atoms with Gasteiger partial charge in [0.25, 0.3) is 0 Å². The molecule has 3 aromatic rings. The molecule has 0 saturated heterocycles. The first-order chi connectivity index (χ1) is 10.2. The summed E-state index contributed by atoms with van der Waals surface area (Å²) < 4.78 is 5.97. The molecule has 0 aliphatic rings. The normalized spacial score (nSPS) is 12.7. The molecule has 2 aromatic carbocycles. The molecule has 0 aliphatic heterocycles. The second-order valence-electron chi connectivity index (χ2n) is 4.84. The summed E-state index contributed by atoms with van der Waals surface area (Å²) >= 11 is 12.3. The maximum absolute atomic E-state index is 6.34. The van der Waals surface area contributed by atoms with Gasteiger partial charge in [0.05, 0.1) is 6.04 Å². The van der Waals surface area contributed by atoms with Crippen molar-refractivity contribution in [2.24, 2.45) is 0 Å². The molecule has 1 aromatic heterocycles. The molecular weight excluding hydrogens is 305 g/mol. The summed E-state index contributed by atoms with van der Waals surface area (Å²) in [6.07, 6.45) is 0. The lowest BCUT2D eigenvalue weighted by atomic mass is 10.0. The van der Waals surface area contributed by atoms with Crippen LogP contribution in [0.4, 0.5) is 0 Å². The summed E-state index contributed by atoms with van der Waals surface area (Å²) in [5.74, 6) is 0.849. The molecule has 0 aliphatic carbocycles. The van der Waals surface area contributed by atoms with Crippen LogP contribution in [0.5, 0.6) is 0 Å². The van der Waals surface area contributed by atoms with Gasteiger partial charge in [0.2, 0.25) is 0 Å². The van der Waals surface area contributed by atoms with Crippen LogP contribution in [0.15, 0.2) is 52.9 Å². The zero-order valence-electron chi connectivity index (χ0n) is 11.6. The predicted molar refractivity (Wildman–Crippen MR) is 88.2 cm³/mol. The Balaban J connectivity index is 2.08. The van der Waals surface area contributed by atoms with Gasteiger partial charge in [0.15, 0.2) is 0 Å². The highest BCUT2D eigenvalue weighted by Crippen LogP contribution is 2.33. The van der Waals surface area contributed by atoms with Gasteiger partial charge in [0, 0.05) is 15.4 Å². The van der Waals surface area contributed by atoms with Crippen LogP contribution in [-0.2, 0) is 0 Å². The van der Waals surface area contributed by atoms with E-state index in [1.54, 1.807) is 6.07 Å². The third kappa shape index (κ3) is 2.93. The maximum atomic E-state index is 6.34. The fraction of sp³-hybridized carbons (Fsp3) is 0.176. The molecule has 0 amide bonds. The Bertz CT molecular complexity index is 733. The Morgan fingerprint density at radius 3 is 2.62 bits per heavy atom. The molecular formula is C17H15Cl2NO. The van der Waals surface area contributed by atoms with E-state index in [4.69, 9.17) is 27.6 Å². The van der Waals surface area contributed by atoms with E-state index in [0.717, 1.165) is 28.8 Å². The number of furan rings is 1. The van der Waals surface area contributed by atoms with Gasteiger partial charge in [-0.3, -0.25) is 0 Å². The predicted octanol–water partition coefficient (Wildman–Crippen LogP) is 5.44. The molecule has 21 heavy (non-hydrogen) atoms. The van der Waals surface area contributed by atoms with Crippen molar-refractivity contribution in [2.45, 2.75) is 13.0 Å². The average molecular weight is 320 g/mol. The van der Waals surface area contributed by atoms with E-state index in [1.807, 2.05) is 42.5 Å². The number of rotatable bonds is 4. The highest BCUT2D eigenvalue weighted by molar-refractivity contribution is 6.35. The van der Waals surface area contributed by atoms with Crippen LogP contribution >= 0.6 is 23.2 Å². The van der Waals surface area contributed by atoms with Gasteiger partial charge in [-0.1, -0.05) is 54.4 Å². The van der Waals surface area contributed by atoms with Crippen molar-refractivity contribution >= 4 is 34.2 Å². The Hall–Kier alpha value is -1.48. The molecule has 1 N–H and O–H groups in total. The molecule has 108 valence electrons. The minimum absolute atomic E-state index is 0.0906. The summed E-state index contributed by atoms with van der Waals surface area (Å²) in [5.41, 5.74) is 1.84. The van der Waals surface area contributed by atoms with Crippen LogP contribution in [0.2, 0.25) is 10.0 Å². The van der Waals surface area contributed by atoms with Gasteiger partial charge < -0.3 is 9.73 Å². The fourth-order valence-electron chi connectivity index (χ4n) is 2.45. The third-order valence-corrected chi connectivity index (χ3v) is 3.97. The lowest BCUT2D eigenvalue weighted by molar-refractivity contribution is 0.477. The summed E-state index contributed by atoms with van der Waals surface area (Å²) in [6.45, 7) is 2.86. The Morgan fingerprint density at radius 2 is 1.90 bits per heavy atom. The average Bonchev–Trinajstić information content (AvgIpc) is 2.89. The summed E-state index contributed by atoms with van der Waals surface area (Å²) in [7, 11) is 0. The molecule has 0 fully saturated rings. The molecule has 1 heterocycles.